The molecule has 0 saturated carbocycles. The third-order valence-corrected chi connectivity index (χ3v) is 3.12. The number of aryl methyl sites for hydroxylation is 1. The number of ether oxygens (including phenoxy) is 3. The molecule has 0 amide bonds. The Hall–Kier alpha value is -1.10. The van der Waals surface area contributed by atoms with Gasteiger partial charge in [-0.05, 0) is 25.5 Å². The molecule has 2 unspecified atom stereocenters. The molecular weight excluding hydrogens is 232 g/mol. The molecule has 1 fully saturated rings. The molecule has 1 saturated heterocycles. The highest BCUT2D eigenvalue weighted by Gasteiger charge is 2.19. The van der Waals surface area contributed by atoms with E-state index in [9.17, 15) is 5.11 Å². The van der Waals surface area contributed by atoms with Crippen molar-refractivity contribution in [1.82, 2.24) is 0 Å². The summed E-state index contributed by atoms with van der Waals surface area (Å²) in [5.41, 5.74) is 1.87. The van der Waals surface area contributed by atoms with Crippen molar-refractivity contribution in [2.24, 2.45) is 0 Å². The van der Waals surface area contributed by atoms with E-state index >= 15 is 0 Å². The summed E-state index contributed by atoms with van der Waals surface area (Å²) < 4.78 is 16.1. The summed E-state index contributed by atoms with van der Waals surface area (Å²) >= 11 is 0. The first kappa shape index (κ1) is 13.3. The van der Waals surface area contributed by atoms with Crippen molar-refractivity contribution in [1.29, 1.82) is 0 Å². The number of hydrogen-bond acceptors (Lipinski definition) is 4. The number of aliphatic hydroxyl groups excluding tert-OH is 1. The van der Waals surface area contributed by atoms with Crippen LogP contribution in [0.4, 0.5) is 0 Å². The van der Waals surface area contributed by atoms with E-state index in [1.54, 1.807) is 7.11 Å². The van der Waals surface area contributed by atoms with Crippen LogP contribution in [0.3, 0.4) is 0 Å². The molecule has 1 aliphatic rings. The minimum atomic E-state index is -0.666. The molecule has 0 bridgehead atoms. The van der Waals surface area contributed by atoms with Crippen molar-refractivity contribution in [3.05, 3.63) is 29.3 Å². The molecule has 1 heterocycles. The van der Waals surface area contributed by atoms with Crippen LogP contribution in [0.15, 0.2) is 18.2 Å². The molecule has 1 aromatic rings. The fourth-order valence-electron chi connectivity index (χ4n) is 2.08. The molecule has 0 spiro atoms. The zero-order chi connectivity index (χ0) is 13.0. The average Bonchev–Trinajstić information content (AvgIpc) is 2.89. The van der Waals surface area contributed by atoms with Crippen LogP contribution in [-0.2, 0) is 9.47 Å². The molecule has 0 aromatic heterocycles. The molecule has 0 aliphatic carbocycles. The quantitative estimate of drug-likeness (QED) is 0.868. The third kappa shape index (κ3) is 3.22. The van der Waals surface area contributed by atoms with Gasteiger partial charge in [-0.3, -0.25) is 0 Å². The van der Waals surface area contributed by atoms with E-state index in [-0.39, 0.29) is 12.7 Å². The van der Waals surface area contributed by atoms with Crippen LogP contribution in [0.5, 0.6) is 5.75 Å². The van der Waals surface area contributed by atoms with Crippen LogP contribution in [0.2, 0.25) is 0 Å². The van der Waals surface area contributed by atoms with Crippen LogP contribution in [0.1, 0.15) is 23.7 Å². The predicted molar refractivity (Wildman–Crippen MR) is 67.9 cm³/mol. The first-order valence-corrected chi connectivity index (χ1v) is 6.22. The van der Waals surface area contributed by atoms with E-state index in [0.717, 1.165) is 24.2 Å². The molecule has 2 atom stereocenters. The van der Waals surface area contributed by atoms with Crippen molar-refractivity contribution in [2.45, 2.75) is 25.6 Å². The first-order chi connectivity index (χ1) is 8.70. The maximum Gasteiger partial charge on any atom is 0.124 e. The number of aliphatic hydroxyl groups is 1. The van der Waals surface area contributed by atoms with Crippen molar-refractivity contribution in [2.75, 3.05) is 26.9 Å². The van der Waals surface area contributed by atoms with Crippen LogP contribution in [0, 0.1) is 6.92 Å². The summed E-state index contributed by atoms with van der Waals surface area (Å²) in [6, 6.07) is 5.76. The SMILES string of the molecule is COc1ccc(C)cc1C(O)COC1CCOC1. The summed E-state index contributed by atoms with van der Waals surface area (Å²) in [4.78, 5) is 0. The van der Waals surface area contributed by atoms with Gasteiger partial charge in [-0.15, -0.1) is 0 Å². The lowest BCUT2D eigenvalue weighted by Gasteiger charge is -2.17. The first-order valence-electron chi connectivity index (χ1n) is 6.22. The Labute approximate surface area is 107 Å². The summed E-state index contributed by atoms with van der Waals surface area (Å²) in [5.74, 6) is 0.694. The Morgan fingerprint density at radius 3 is 3.00 bits per heavy atom. The van der Waals surface area contributed by atoms with E-state index in [4.69, 9.17) is 14.2 Å². The average molecular weight is 252 g/mol. The Balaban J connectivity index is 1.98. The minimum Gasteiger partial charge on any atom is -0.496 e. The van der Waals surface area contributed by atoms with Gasteiger partial charge in [-0.2, -0.15) is 0 Å². The lowest BCUT2D eigenvalue weighted by Crippen LogP contribution is -2.17. The van der Waals surface area contributed by atoms with E-state index in [1.807, 2.05) is 25.1 Å². The van der Waals surface area contributed by atoms with Crippen LogP contribution in [-0.4, -0.2) is 38.1 Å². The zero-order valence-electron chi connectivity index (χ0n) is 10.9. The largest absolute Gasteiger partial charge is 0.496 e. The van der Waals surface area contributed by atoms with Gasteiger partial charge >= 0.3 is 0 Å². The molecule has 4 heteroatoms. The topological polar surface area (TPSA) is 47.9 Å². The summed E-state index contributed by atoms with van der Waals surface area (Å²) in [7, 11) is 1.60. The number of benzene rings is 1. The molecule has 2 rings (SSSR count). The van der Waals surface area contributed by atoms with Gasteiger partial charge in [0.2, 0.25) is 0 Å². The second-order valence-electron chi connectivity index (χ2n) is 4.58. The normalized spacial score (nSPS) is 20.9. The van der Waals surface area contributed by atoms with E-state index < -0.39 is 6.10 Å². The smallest absolute Gasteiger partial charge is 0.124 e. The molecule has 4 nitrogen and oxygen atoms in total. The monoisotopic (exact) mass is 252 g/mol. The van der Waals surface area contributed by atoms with Crippen molar-refractivity contribution < 1.29 is 19.3 Å². The van der Waals surface area contributed by atoms with Crippen molar-refractivity contribution >= 4 is 0 Å². The van der Waals surface area contributed by atoms with E-state index in [2.05, 4.69) is 0 Å². The van der Waals surface area contributed by atoms with Crippen LogP contribution < -0.4 is 4.74 Å². The summed E-state index contributed by atoms with van der Waals surface area (Å²) in [5, 5.41) is 10.2. The molecule has 100 valence electrons. The molecule has 1 aliphatic heterocycles. The predicted octanol–water partition coefficient (Wildman–Crippen LogP) is 1.84. The molecule has 1 N–H and O–H groups in total. The van der Waals surface area contributed by atoms with Crippen LogP contribution >= 0.6 is 0 Å². The fraction of sp³-hybridized carbons (Fsp3) is 0.571. The highest BCUT2D eigenvalue weighted by Crippen LogP contribution is 2.27. The Kier molecular flexibility index (Phi) is 4.58. The van der Waals surface area contributed by atoms with Gasteiger partial charge in [0, 0.05) is 12.2 Å². The highest BCUT2D eigenvalue weighted by atomic mass is 16.5. The van der Waals surface area contributed by atoms with Gasteiger partial charge in [-0.25, -0.2) is 0 Å². The minimum absolute atomic E-state index is 0.107. The summed E-state index contributed by atoms with van der Waals surface area (Å²) in [6.07, 6.45) is 0.341. The van der Waals surface area contributed by atoms with Crippen molar-refractivity contribution in [3.8, 4) is 5.75 Å². The second-order valence-corrected chi connectivity index (χ2v) is 4.58. The second kappa shape index (κ2) is 6.18. The molecular formula is C14H20O4. The zero-order valence-corrected chi connectivity index (χ0v) is 10.9. The third-order valence-electron chi connectivity index (χ3n) is 3.12. The Morgan fingerprint density at radius 1 is 1.50 bits per heavy atom. The number of methoxy groups -OCH3 is 1. The summed E-state index contributed by atoms with van der Waals surface area (Å²) in [6.45, 7) is 3.63. The maximum absolute atomic E-state index is 10.2. The van der Waals surface area contributed by atoms with E-state index in [0.29, 0.717) is 12.4 Å². The van der Waals surface area contributed by atoms with Gasteiger partial charge < -0.3 is 19.3 Å². The number of rotatable bonds is 5. The molecule has 18 heavy (non-hydrogen) atoms. The Morgan fingerprint density at radius 2 is 2.33 bits per heavy atom. The van der Waals surface area contributed by atoms with Crippen molar-refractivity contribution in [3.63, 3.8) is 0 Å². The highest BCUT2D eigenvalue weighted by molar-refractivity contribution is 5.38. The molecule has 0 radical (unpaired) electrons. The van der Waals surface area contributed by atoms with Gasteiger partial charge in [0.05, 0.1) is 26.4 Å². The maximum atomic E-state index is 10.2. The van der Waals surface area contributed by atoms with Crippen LogP contribution in [0.25, 0.3) is 0 Å². The Bertz CT molecular complexity index is 385. The standard InChI is InChI=1S/C14H20O4/c1-10-3-4-14(16-2)12(7-10)13(15)9-18-11-5-6-17-8-11/h3-4,7,11,13,15H,5-6,8-9H2,1-2H3. The lowest BCUT2D eigenvalue weighted by atomic mass is 10.1. The van der Waals surface area contributed by atoms with Gasteiger partial charge in [0.1, 0.15) is 11.9 Å². The molecule has 1 aromatic carbocycles. The van der Waals surface area contributed by atoms with Gasteiger partial charge in [0.15, 0.2) is 0 Å². The lowest BCUT2D eigenvalue weighted by molar-refractivity contribution is -0.0138. The number of hydrogen-bond donors (Lipinski definition) is 1. The van der Waals surface area contributed by atoms with E-state index in [1.165, 1.54) is 0 Å². The van der Waals surface area contributed by atoms with Gasteiger partial charge in [-0.1, -0.05) is 11.6 Å². The fourth-order valence-corrected chi connectivity index (χ4v) is 2.08. The van der Waals surface area contributed by atoms with Gasteiger partial charge in [0.25, 0.3) is 0 Å².